The molecule has 0 amide bonds. The quantitative estimate of drug-likeness (QED) is 0.362. The predicted octanol–water partition coefficient (Wildman–Crippen LogP) is 6.70. The van der Waals surface area contributed by atoms with Crippen molar-refractivity contribution in [2.24, 2.45) is 0 Å². The summed E-state index contributed by atoms with van der Waals surface area (Å²) in [4.78, 5) is 8.04. The van der Waals surface area contributed by atoms with E-state index in [2.05, 4.69) is 46.4 Å². The molecule has 1 aromatic heterocycles. The van der Waals surface area contributed by atoms with Crippen LogP contribution in [0.2, 0.25) is 0 Å². The van der Waals surface area contributed by atoms with E-state index in [4.69, 9.17) is 9.47 Å². The molecular formula is C26H20N2O2. The van der Waals surface area contributed by atoms with Crippen LogP contribution >= 0.6 is 0 Å². The highest BCUT2D eigenvalue weighted by atomic mass is 16.5. The van der Waals surface area contributed by atoms with Crippen LogP contribution in [-0.2, 0) is 0 Å². The average molecular weight is 392 g/mol. The number of aromatic nitrogens is 2. The predicted molar refractivity (Wildman–Crippen MR) is 120 cm³/mol. The topological polar surface area (TPSA) is 47.1 Å². The van der Waals surface area contributed by atoms with Crippen molar-refractivity contribution in [1.29, 1.82) is 0 Å². The van der Waals surface area contributed by atoms with Gasteiger partial charge in [0.25, 0.3) is 0 Å². The number of nitrogens with zero attached hydrogens (tertiary/aromatic N) is 1. The van der Waals surface area contributed by atoms with E-state index >= 15 is 0 Å². The molecule has 0 radical (unpaired) electrons. The summed E-state index contributed by atoms with van der Waals surface area (Å²) in [6.45, 7) is 0. The first kappa shape index (κ1) is 18.0. The Morgan fingerprint density at radius 3 is 1.77 bits per heavy atom. The van der Waals surface area contributed by atoms with Gasteiger partial charge < -0.3 is 14.5 Å². The molecule has 0 unspecified atom stereocenters. The van der Waals surface area contributed by atoms with Gasteiger partial charge in [0.1, 0.15) is 23.1 Å². The summed E-state index contributed by atoms with van der Waals surface area (Å²) in [5, 5.41) is 0. The van der Waals surface area contributed by atoms with Crippen molar-refractivity contribution in [2.45, 2.75) is 0 Å². The maximum absolute atomic E-state index is 5.91. The molecule has 1 N–H and O–H groups in total. The molecule has 0 bridgehead atoms. The highest BCUT2D eigenvalue weighted by molar-refractivity contribution is 5.79. The van der Waals surface area contributed by atoms with Gasteiger partial charge >= 0.3 is 0 Å². The minimum atomic E-state index is 0.777. The number of ether oxygens (including phenoxy) is 2. The fourth-order valence-corrected chi connectivity index (χ4v) is 3.41. The maximum atomic E-state index is 5.91. The summed E-state index contributed by atoms with van der Waals surface area (Å²) in [6, 6.07) is 32.1. The van der Waals surface area contributed by atoms with Crippen LogP contribution in [0.4, 0.5) is 0 Å². The zero-order valence-corrected chi connectivity index (χ0v) is 16.5. The van der Waals surface area contributed by atoms with Crippen LogP contribution in [0.3, 0.4) is 0 Å². The standard InChI is InChI=1S/C26H20N2O2/c1-29-21-14-16-23(17-15-21)30-22-12-10-19(11-13-22)18-6-8-20(9-7-18)26-27-24-4-2-3-5-25(24)28-26/h2-17H,1H3,(H,27,28). The Hall–Kier alpha value is -4.05. The fourth-order valence-electron chi connectivity index (χ4n) is 3.41. The van der Waals surface area contributed by atoms with Crippen molar-refractivity contribution in [3.8, 4) is 39.8 Å². The normalized spacial score (nSPS) is 10.8. The van der Waals surface area contributed by atoms with Gasteiger partial charge in [-0.25, -0.2) is 4.98 Å². The van der Waals surface area contributed by atoms with Gasteiger partial charge in [-0.15, -0.1) is 0 Å². The Morgan fingerprint density at radius 2 is 1.13 bits per heavy atom. The van der Waals surface area contributed by atoms with Gasteiger partial charge in [-0.2, -0.15) is 0 Å². The lowest BCUT2D eigenvalue weighted by Crippen LogP contribution is -1.86. The number of nitrogens with one attached hydrogen (secondary N) is 1. The molecule has 4 aromatic carbocycles. The van der Waals surface area contributed by atoms with Gasteiger partial charge in [-0.05, 0) is 59.7 Å². The van der Waals surface area contributed by atoms with Crippen LogP contribution in [0.15, 0.2) is 97.1 Å². The number of methoxy groups -OCH3 is 1. The first-order valence-corrected chi connectivity index (χ1v) is 9.76. The molecule has 0 aliphatic heterocycles. The smallest absolute Gasteiger partial charge is 0.138 e. The van der Waals surface area contributed by atoms with Gasteiger partial charge in [0.2, 0.25) is 0 Å². The number of para-hydroxylation sites is 2. The molecule has 5 aromatic rings. The highest BCUT2D eigenvalue weighted by Gasteiger charge is 2.06. The van der Waals surface area contributed by atoms with E-state index in [0.717, 1.165) is 50.8 Å². The van der Waals surface area contributed by atoms with E-state index < -0.39 is 0 Å². The number of benzene rings is 4. The zero-order chi connectivity index (χ0) is 20.3. The Morgan fingerprint density at radius 1 is 0.600 bits per heavy atom. The molecule has 0 atom stereocenters. The Balaban J connectivity index is 1.32. The summed E-state index contributed by atoms with van der Waals surface area (Å²) >= 11 is 0. The molecule has 0 saturated carbocycles. The highest BCUT2D eigenvalue weighted by Crippen LogP contribution is 2.28. The molecule has 0 spiro atoms. The Labute approximate surface area is 174 Å². The molecule has 0 aliphatic rings. The van der Waals surface area contributed by atoms with E-state index in [1.54, 1.807) is 7.11 Å². The van der Waals surface area contributed by atoms with Crippen molar-refractivity contribution in [1.82, 2.24) is 9.97 Å². The molecule has 146 valence electrons. The Bertz CT molecular complexity index is 1240. The van der Waals surface area contributed by atoms with Crippen molar-refractivity contribution < 1.29 is 9.47 Å². The van der Waals surface area contributed by atoms with Crippen molar-refractivity contribution in [3.05, 3.63) is 97.1 Å². The van der Waals surface area contributed by atoms with E-state index in [-0.39, 0.29) is 0 Å². The SMILES string of the molecule is COc1ccc(Oc2ccc(-c3ccc(-c4nc5ccccc5[nH]4)cc3)cc2)cc1. The summed E-state index contributed by atoms with van der Waals surface area (Å²) in [5.74, 6) is 3.26. The second kappa shape index (κ2) is 7.76. The second-order valence-electron chi connectivity index (χ2n) is 6.98. The number of hydrogen-bond acceptors (Lipinski definition) is 3. The van der Waals surface area contributed by atoms with Crippen molar-refractivity contribution in [2.75, 3.05) is 7.11 Å². The third-order valence-corrected chi connectivity index (χ3v) is 5.03. The molecule has 5 rings (SSSR count). The van der Waals surface area contributed by atoms with Crippen LogP contribution in [0.5, 0.6) is 17.2 Å². The van der Waals surface area contributed by atoms with E-state index in [1.165, 1.54) is 0 Å². The number of aromatic amines is 1. The number of rotatable bonds is 5. The van der Waals surface area contributed by atoms with Crippen LogP contribution in [0, 0.1) is 0 Å². The van der Waals surface area contributed by atoms with E-state index in [1.807, 2.05) is 60.7 Å². The average Bonchev–Trinajstić information content (AvgIpc) is 3.25. The zero-order valence-electron chi connectivity index (χ0n) is 16.5. The van der Waals surface area contributed by atoms with E-state index in [0.29, 0.717) is 0 Å². The summed E-state index contributed by atoms with van der Waals surface area (Å²) in [6.07, 6.45) is 0. The summed E-state index contributed by atoms with van der Waals surface area (Å²) in [5.41, 5.74) is 5.36. The molecule has 4 nitrogen and oxygen atoms in total. The van der Waals surface area contributed by atoms with Crippen molar-refractivity contribution >= 4 is 11.0 Å². The van der Waals surface area contributed by atoms with Gasteiger partial charge in [0.05, 0.1) is 18.1 Å². The molecule has 0 aliphatic carbocycles. The number of H-pyrrole nitrogens is 1. The molecular weight excluding hydrogens is 372 g/mol. The number of imidazole rings is 1. The van der Waals surface area contributed by atoms with Crippen LogP contribution in [-0.4, -0.2) is 17.1 Å². The molecule has 30 heavy (non-hydrogen) atoms. The summed E-state index contributed by atoms with van der Waals surface area (Å²) < 4.78 is 11.1. The monoisotopic (exact) mass is 392 g/mol. The fraction of sp³-hybridized carbons (Fsp3) is 0.0385. The summed E-state index contributed by atoms with van der Waals surface area (Å²) in [7, 11) is 1.65. The Kier molecular flexibility index (Phi) is 4.66. The first-order valence-electron chi connectivity index (χ1n) is 9.76. The first-order chi connectivity index (χ1) is 14.8. The third-order valence-electron chi connectivity index (χ3n) is 5.03. The van der Waals surface area contributed by atoms with Gasteiger partial charge in [-0.1, -0.05) is 48.5 Å². The van der Waals surface area contributed by atoms with Crippen LogP contribution in [0.1, 0.15) is 0 Å². The second-order valence-corrected chi connectivity index (χ2v) is 6.98. The lowest BCUT2D eigenvalue weighted by atomic mass is 10.0. The molecule has 0 saturated heterocycles. The molecule has 1 heterocycles. The third kappa shape index (κ3) is 3.63. The van der Waals surface area contributed by atoms with Crippen molar-refractivity contribution in [3.63, 3.8) is 0 Å². The lowest BCUT2D eigenvalue weighted by molar-refractivity contribution is 0.413. The minimum Gasteiger partial charge on any atom is -0.497 e. The molecule has 0 fully saturated rings. The maximum Gasteiger partial charge on any atom is 0.138 e. The van der Waals surface area contributed by atoms with Gasteiger partial charge in [0, 0.05) is 5.56 Å². The lowest BCUT2D eigenvalue weighted by Gasteiger charge is -2.08. The van der Waals surface area contributed by atoms with E-state index in [9.17, 15) is 0 Å². The molecule has 4 heteroatoms. The van der Waals surface area contributed by atoms with Gasteiger partial charge in [-0.3, -0.25) is 0 Å². The van der Waals surface area contributed by atoms with Crippen LogP contribution in [0.25, 0.3) is 33.5 Å². The van der Waals surface area contributed by atoms with Crippen LogP contribution < -0.4 is 9.47 Å². The van der Waals surface area contributed by atoms with Gasteiger partial charge in [0.15, 0.2) is 0 Å². The largest absolute Gasteiger partial charge is 0.497 e. The number of fused-ring (bicyclic) bond motifs is 1. The minimum absolute atomic E-state index is 0.777. The number of hydrogen-bond donors (Lipinski definition) is 1.